The van der Waals surface area contributed by atoms with Crippen LogP contribution in [0.3, 0.4) is 0 Å². The molecule has 1 aromatic heterocycles. The molecule has 0 radical (unpaired) electrons. The maximum atomic E-state index is 11.8. The van der Waals surface area contributed by atoms with Gasteiger partial charge in [0.25, 0.3) is 0 Å². The number of halogens is 1. The van der Waals surface area contributed by atoms with E-state index in [4.69, 9.17) is 16.3 Å². The Labute approximate surface area is 138 Å². The molecule has 0 saturated carbocycles. The van der Waals surface area contributed by atoms with Crippen LogP contribution < -0.4 is 10.1 Å². The minimum atomic E-state index is -0.160. The summed E-state index contributed by atoms with van der Waals surface area (Å²) >= 11 is 7.01. The van der Waals surface area contributed by atoms with Crippen LogP contribution in [0.1, 0.15) is 22.5 Å². The third-order valence-corrected chi connectivity index (χ3v) is 4.14. The molecule has 1 amide bonds. The monoisotopic (exact) mass is 337 g/mol. The zero-order valence-electron chi connectivity index (χ0n) is 11.9. The topological polar surface area (TPSA) is 55.4 Å². The number of benzene rings is 1. The summed E-state index contributed by atoms with van der Waals surface area (Å²) in [7, 11) is 0. The zero-order valence-corrected chi connectivity index (χ0v) is 13.5. The Morgan fingerprint density at radius 1 is 1.09 bits per heavy atom. The standard InChI is InChI=1S/C16H16ClNO3S/c17-15-8-7-14(22-15)13(19)6-9-16(20)18-10-11-21-12-4-2-1-3-5-12/h1-5,7-8H,6,9-11H2,(H,18,20). The van der Waals surface area contributed by atoms with E-state index in [-0.39, 0.29) is 24.5 Å². The summed E-state index contributed by atoms with van der Waals surface area (Å²) in [5, 5.41) is 2.73. The average molecular weight is 338 g/mol. The van der Waals surface area contributed by atoms with Gasteiger partial charge in [-0.3, -0.25) is 9.59 Å². The van der Waals surface area contributed by atoms with Gasteiger partial charge in [-0.1, -0.05) is 29.8 Å². The Balaban J connectivity index is 1.61. The fourth-order valence-corrected chi connectivity index (χ4v) is 2.79. The van der Waals surface area contributed by atoms with Gasteiger partial charge in [-0.05, 0) is 24.3 Å². The van der Waals surface area contributed by atoms with E-state index >= 15 is 0 Å². The molecule has 1 N–H and O–H groups in total. The molecule has 0 atom stereocenters. The van der Waals surface area contributed by atoms with Crippen LogP contribution in [0.5, 0.6) is 5.75 Å². The number of Topliss-reactive ketones (excluding diaryl/α,β-unsaturated/α-hetero) is 1. The van der Waals surface area contributed by atoms with Crippen LogP contribution in [-0.4, -0.2) is 24.8 Å². The van der Waals surface area contributed by atoms with Crippen molar-refractivity contribution >= 4 is 34.6 Å². The Morgan fingerprint density at radius 2 is 1.86 bits per heavy atom. The number of para-hydroxylation sites is 1. The lowest BCUT2D eigenvalue weighted by atomic mass is 10.2. The van der Waals surface area contributed by atoms with E-state index in [1.807, 2.05) is 30.3 Å². The molecule has 6 heteroatoms. The summed E-state index contributed by atoms with van der Waals surface area (Å²) < 4.78 is 6.03. The molecule has 4 nitrogen and oxygen atoms in total. The number of thiophene rings is 1. The normalized spacial score (nSPS) is 10.2. The maximum absolute atomic E-state index is 11.8. The molecule has 22 heavy (non-hydrogen) atoms. The summed E-state index contributed by atoms with van der Waals surface area (Å²) in [5.41, 5.74) is 0. The Morgan fingerprint density at radius 3 is 2.55 bits per heavy atom. The Hall–Kier alpha value is -1.85. The largest absolute Gasteiger partial charge is 0.492 e. The molecule has 1 aromatic carbocycles. The van der Waals surface area contributed by atoms with Crippen molar-refractivity contribution in [2.45, 2.75) is 12.8 Å². The SMILES string of the molecule is O=C(CCC(=O)c1ccc(Cl)s1)NCCOc1ccccc1. The number of amides is 1. The second kappa shape index (κ2) is 8.56. The van der Waals surface area contributed by atoms with E-state index in [9.17, 15) is 9.59 Å². The molecule has 2 rings (SSSR count). The van der Waals surface area contributed by atoms with Crippen molar-refractivity contribution < 1.29 is 14.3 Å². The van der Waals surface area contributed by atoms with Gasteiger partial charge in [0.2, 0.25) is 5.91 Å². The highest BCUT2D eigenvalue weighted by atomic mass is 35.5. The van der Waals surface area contributed by atoms with Crippen molar-refractivity contribution in [3.8, 4) is 5.75 Å². The van der Waals surface area contributed by atoms with Gasteiger partial charge in [-0.15, -0.1) is 11.3 Å². The van der Waals surface area contributed by atoms with Gasteiger partial charge < -0.3 is 10.1 Å². The molecular formula is C16H16ClNO3S. The molecule has 0 bridgehead atoms. The first-order chi connectivity index (χ1) is 10.6. The van der Waals surface area contributed by atoms with Gasteiger partial charge in [0.1, 0.15) is 12.4 Å². The van der Waals surface area contributed by atoms with E-state index in [2.05, 4.69) is 5.32 Å². The number of hydrogen-bond donors (Lipinski definition) is 1. The van der Waals surface area contributed by atoms with E-state index in [1.165, 1.54) is 11.3 Å². The number of nitrogens with one attached hydrogen (secondary N) is 1. The number of rotatable bonds is 8. The second-order valence-electron chi connectivity index (χ2n) is 4.54. The number of carbonyl (C=O) groups excluding carboxylic acids is 2. The maximum Gasteiger partial charge on any atom is 0.220 e. The van der Waals surface area contributed by atoms with Crippen molar-refractivity contribution in [3.63, 3.8) is 0 Å². The van der Waals surface area contributed by atoms with Gasteiger partial charge in [-0.25, -0.2) is 0 Å². The predicted octanol–water partition coefficient (Wildman–Crippen LogP) is 3.56. The minimum absolute atomic E-state index is 0.0624. The van der Waals surface area contributed by atoms with E-state index in [0.29, 0.717) is 22.4 Å². The molecule has 0 spiro atoms. The summed E-state index contributed by atoms with van der Waals surface area (Å²) in [6.45, 7) is 0.803. The molecule has 0 aliphatic carbocycles. The molecule has 116 valence electrons. The second-order valence-corrected chi connectivity index (χ2v) is 6.25. The lowest BCUT2D eigenvalue weighted by molar-refractivity contribution is -0.121. The van der Waals surface area contributed by atoms with Gasteiger partial charge in [0, 0.05) is 12.8 Å². The molecule has 0 unspecified atom stereocenters. The van der Waals surface area contributed by atoms with E-state index in [0.717, 1.165) is 5.75 Å². The average Bonchev–Trinajstić information content (AvgIpc) is 2.97. The minimum Gasteiger partial charge on any atom is -0.492 e. The van der Waals surface area contributed by atoms with Gasteiger partial charge in [0.05, 0.1) is 15.8 Å². The van der Waals surface area contributed by atoms with Crippen LogP contribution in [0.2, 0.25) is 4.34 Å². The van der Waals surface area contributed by atoms with E-state index in [1.54, 1.807) is 12.1 Å². The first-order valence-corrected chi connectivity index (χ1v) is 8.07. The third kappa shape index (κ3) is 5.50. The summed E-state index contributed by atoms with van der Waals surface area (Å²) in [6.07, 6.45) is 0.349. The Bertz CT molecular complexity index is 627. The van der Waals surface area contributed by atoms with Crippen LogP contribution >= 0.6 is 22.9 Å². The van der Waals surface area contributed by atoms with Crippen LogP contribution in [0, 0.1) is 0 Å². The van der Waals surface area contributed by atoms with Gasteiger partial charge >= 0.3 is 0 Å². The highest BCUT2D eigenvalue weighted by Gasteiger charge is 2.11. The number of ketones is 1. The first-order valence-electron chi connectivity index (χ1n) is 6.88. The summed E-state index contributed by atoms with van der Waals surface area (Å²) in [5.74, 6) is 0.543. The number of ether oxygens (including phenoxy) is 1. The van der Waals surface area contributed by atoms with Crippen molar-refractivity contribution in [1.29, 1.82) is 0 Å². The number of hydrogen-bond acceptors (Lipinski definition) is 4. The highest BCUT2D eigenvalue weighted by Crippen LogP contribution is 2.22. The smallest absolute Gasteiger partial charge is 0.220 e. The lowest BCUT2D eigenvalue weighted by Gasteiger charge is -2.07. The quantitative estimate of drug-likeness (QED) is 0.592. The molecular weight excluding hydrogens is 322 g/mol. The number of carbonyl (C=O) groups is 2. The van der Waals surface area contributed by atoms with E-state index < -0.39 is 0 Å². The zero-order chi connectivity index (χ0) is 15.8. The highest BCUT2D eigenvalue weighted by molar-refractivity contribution is 7.18. The van der Waals surface area contributed by atoms with Crippen LogP contribution in [0.15, 0.2) is 42.5 Å². The molecule has 0 fully saturated rings. The van der Waals surface area contributed by atoms with Crippen LogP contribution in [0.25, 0.3) is 0 Å². The van der Waals surface area contributed by atoms with Crippen LogP contribution in [0.4, 0.5) is 0 Å². The fourth-order valence-electron chi connectivity index (χ4n) is 1.78. The van der Waals surface area contributed by atoms with Crippen molar-refractivity contribution in [2.24, 2.45) is 0 Å². The van der Waals surface area contributed by atoms with Crippen molar-refractivity contribution in [1.82, 2.24) is 5.32 Å². The lowest BCUT2D eigenvalue weighted by Crippen LogP contribution is -2.28. The van der Waals surface area contributed by atoms with Gasteiger partial charge in [-0.2, -0.15) is 0 Å². The van der Waals surface area contributed by atoms with Gasteiger partial charge in [0.15, 0.2) is 5.78 Å². The molecule has 0 saturated heterocycles. The molecule has 0 aliphatic rings. The first kappa shape index (κ1) is 16.5. The van der Waals surface area contributed by atoms with Crippen molar-refractivity contribution in [2.75, 3.05) is 13.2 Å². The molecule has 0 aliphatic heterocycles. The predicted molar refractivity (Wildman–Crippen MR) is 87.8 cm³/mol. The molecule has 2 aromatic rings. The van der Waals surface area contributed by atoms with Crippen molar-refractivity contribution in [3.05, 3.63) is 51.7 Å². The molecule has 1 heterocycles. The Kier molecular flexibility index (Phi) is 6.43. The fraction of sp³-hybridized carbons (Fsp3) is 0.250. The van der Waals surface area contributed by atoms with Crippen LogP contribution in [-0.2, 0) is 4.79 Å². The summed E-state index contributed by atoms with van der Waals surface area (Å²) in [4.78, 5) is 24.1. The third-order valence-electron chi connectivity index (χ3n) is 2.86. The summed E-state index contributed by atoms with van der Waals surface area (Å²) in [6, 6.07) is 12.7.